The summed E-state index contributed by atoms with van der Waals surface area (Å²) < 4.78 is 0. The number of rotatable bonds is 6. The Labute approximate surface area is 104 Å². The molecule has 3 heteroatoms. The van der Waals surface area contributed by atoms with Crippen LogP contribution in [0.1, 0.15) is 38.7 Å². The van der Waals surface area contributed by atoms with Gasteiger partial charge in [0.15, 0.2) is 0 Å². The number of hydrogen-bond acceptors (Lipinski definition) is 2. The van der Waals surface area contributed by atoms with Crippen molar-refractivity contribution < 1.29 is 5.11 Å². The highest BCUT2D eigenvalue weighted by Crippen LogP contribution is 2.39. The molecule has 0 amide bonds. The van der Waals surface area contributed by atoms with Gasteiger partial charge in [-0.3, -0.25) is 0 Å². The fourth-order valence-electron chi connectivity index (χ4n) is 2.55. The lowest BCUT2D eigenvalue weighted by Crippen LogP contribution is -2.45. The van der Waals surface area contributed by atoms with E-state index in [1.165, 1.54) is 24.8 Å². The summed E-state index contributed by atoms with van der Waals surface area (Å²) in [4.78, 5) is 3.11. The molecule has 1 fully saturated rings. The second kappa shape index (κ2) is 4.83. The summed E-state index contributed by atoms with van der Waals surface area (Å²) in [7, 11) is 0. The zero-order valence-corrected chi connectivity index (χ0v) is 10.9. The van der Waals surface area contributed by atoms with Gasteiger partial charge >= 0.3 is 0 Å². The Hall–Kier alpha value is -0.800. The average molecular weight is 236 g/mol. The number of aliphatic hydroxyl groups is 1. The molecule has 1 saturated carbocycles. The molecule has 1 aliphatic carbocycles. The minimum absolute atomic E-state index is 0.139. The van der Waals surface area contributed by atoms with Gasteiger partial charge in [0.1, 0.15) is 0 Å². The minimum atomic E-state index is 0.139. The molecule has 0 aromatic carbocycles. The van der Waals surface area contributed by atoms with Crippen molar-refractivity contribution in [1.29, 1.82) is 0 Å². The van der Waals surface area contributed by atoms with Crippen LogP contribution in [0.25, 0.3) is 0 Å². The summed E-state index contributed by atoms with van der Waals surface area (Å²) >= 11 is 0. The van der Waals surface area contributed by atoms with E-state index in [4.69, 9.17) is 0 Å². The SMILES string of the molecule is CC(C)(CNCC1(CO)CCC1)c1cc[nH]c1. The topological polar surface area (TPSA) is 48.0 Å². The first-order valence-corrected chi connectivity index (χ1v) is 6.53. The molecule has 3 N–H and O–H groups in total. The summed E-state index contributed by atoms with van der Waals surface area (Å²) in [5.41, 5.74) is 1.64. The lowest BCUT2D eigenvalue weighted by atomic mass is 9.69. The van der Waals surface area contributed by atoms with E-state index in [2.05, 4.69) is 36.4 Å². The van der Waals surface area contributed by atoms with E-state index in [1.54, 1.807) is 0 Å². The van der Waals surface area contributed by atoms with Gasteiger partial charge < -0.3 is 15.4 Å². The van der Waals surface area contributed by atoms with Crippen LogP contribution in [-0.2, 0) is 5.41 Å². The normalized spacial score (nSPS) is 19.0. The van der Waals surface area contributed by atoms with Crippen LogP contribution in [0.3, 0.4) is 0 Å². The van der Waals surface area contributed by atoms with Crippen LogP contribution in [0.5, 0.6) is 0 Å². The quantitative estimate of drug-likeness (QED) is 0.708. The summed E-state index contributed by atoms with van der Waals surface area (Å²) in [6.07, 6.45) is 7.64. The molecule has 0 spiro atoms. The van der Waals surface area contributed by atoms with Gasteiger partial charge in [0, 0.05) is 42.9 Å². The standard InChI is InChI=1S/C14H24N2O/c1-13(2,12-4-7-15-8-12)9-16-10-14(11-17)5-3-6-14/h4,7-8,15-17H,3,5-6,9-11H2,1-2H3. The van der Waals surface area contributed by atoms with Gasteiger partial charge in [-0.05, 0) is 24.5 Å². The number of aromatic amines is 1. The van der Waals surface area contributed by atoms with Crippen LogP contribution in [-0.4, -0.2) is 29.8 Å². The summed E-state index contributed by atoms with van der Waals surface area (Å²) in [5, 5.41) is 12.9. The first-order chi connectivity index (χ1) is 8.08. The van der Waals surface area contributed by atoms with E-state index in [0.29, 0.717) is 6.61 Å². The number of hydrogen-bond donors (Lipinski definition) is 3. The van der Waals surface area contributed by atoms with E-state index >= 15 is 0 Å². The molecular formula is C14H24N2O. The van der Waals surface area contributed by atoms with Gasteiger partial charge in [0.2, 0.25) is 0 Å². The first kappa shape index (κ1) is 12.7. The number of aromatic nitrogens is 1. The van der Waals surface area contributed by atoms with E-state index in [-0.39, 0.29) is 10.8 Å². The van der Waals surface area contributed by atoms with Crippen LogP contribution in [0.2, 0.25) is 0 Å². The lowest BCUT2D eigenvalue weighted by Gasteiger charge is -2.41. The number of nitrogens with one attached hydrogen (secondary N) is 2. The van der Waals surface area contributed by atoms with Gasteiger partial charge in [-0.15, -0.1) is 0 Å². The molecule has 0 saturated heterocycles. The summed E-state index contributed by atoms with van der Waals surface area (Å²) in [6.45, 7) is 6.71. The Morgan fingerprint density at radius 1 is 1.47 bits per heavy atom. The molecule has 17 heavy (non-hydrogen) atoms. The van der Waals surface area contributed by atoms with E-state index < -0.39 is 0 Å². The monoisotopic (exact) mass is 236 g/mol. The van der Waals surface area contributed by atoms with Crippen LogP contribution >= 0.6 is 0 Å². The second-order valence-corrected chi connectivity index (χ2v) is 6.10. The van der Waals surface area contributed by atoms with E-state index in [0.717, 1.165) is 13.1 Å². The number of aliphatic hydroxyl groups excluding tert-OH is 1. The van der Waals surface area contributed by atoms with Crippen molar-refractivity contribution in [2.75, 3.05) is 19.7 Å². The Kier molecular flexibility index (Phi) is 3.59. The lowest BCUT2D eigenvalue weighted by molar-refractivity contribution is 0.0438. The highest BCUT2D eigenvalue weighted by molar-refractivity contribution is 5.20. The van der Waals surface area contributed by atoms with Crippen LogP contribution < -0.4 is 5.32 Å². The van der Waals surface area contributed by atoms with Gasteiger partial charge in [-0.1, -0.05) is 20.3 Å². The molecule has 0 radical (unpaired) electrons. The predicted molar refractivity (Wildman–Crippen MR) is 70.1 cm³/mol. The molecule has 1 aromatic heterocycles. The largest absolute Gasteiger partial charge is 0.396 e. The molecule has 0 aliphatic heterocycles. The van der Waals surface area contributed by atoms with Gasteiger partial charge in [-0.2, -0.15) is 0 Å². The molecule has 1 aromatic rings. The molecule has 96 valence electrons. The highest BCUT2D eigenvalue weighted by atomic mass is 16.3. The van der Waals surface area contributed by atoms with Crippen molar-refractivity contribution in [3.05, 3.63) is 24.0 Å². The van der Waals surface area contributed by atoms with Crippen molar-refractivity contribution in [3.63, 3.8) is 0 Å². The van der Waals surface area contributed by atoms with E-state index in [1.807, 2.05) is 6.20 Å². The summed E-state index contributed by atoms with van der Waals surface area (Å²) in [5.74, 6) is 0. The Morgan fingerprint density at radius 2 is 2.24 bits per heavy atom. The maximum absolute atomic E-state index is 9.40. The molecule has 0 unspecified atom stereocenters. The molecule has 0 bridgehead atoms. The third kappa shape index (κ3) is 2.72. The average Bonchev–Trinajstić information content (AvgIpc) is 2.76. The zero-order valence-electron chi connectivity index (χ0n) is 10.9. The Morgan fingerprint density at radius 3 is 2.71 bits per heavy atom. The zero-order chi connectivity index (χ0) is 12.4. The van der Waals surface area contributed by atoms with Gasteiger partial charge in [-0.25, -0.2) is 0 Å². The van der Waals surface area contributed by atoms with Crippen molar-refractivity contribution >= 4 is 0 Å². The first-order valence-electron chi connectivity index (χ1n) is 6.53. The molecule has 0 atom stereocenters. The van der Waals surface area contributed by atoms with Crippen molar-refractivity contribution in [3.8, 4) is 0 Å². The Balaban J connectivity index is 1.82. The maximum Gasteiger partial charge on any atom is 0.0499 e. The number of H-pyrrole nitrogens is 1. The van der Waals surface area contributed by atoms with E-state index in [9.17, 15) is 5.11 Å². The van der Waals surface area contributed by atoms with Crippen LogP contribution in [0.15, 0.2) is 18.5 Å². The van der Waals surface area contributed by atoms with Crippen molar-refractivity contribution in [1.82, 2.24) is 10.3 Å². The highest BCUT2D eigenvalue weighted by Gasteiger charge is 2.36. The predicted octanol–water partition coefficient (Wildman–Crippen LogP) is 2.04. The van der Waals surface area contributed by atoms with Crippen LogP contribution in [0, 0.1) is 5.41 Å². The maximum atomic E-state index is 9.40. The molecule has 2 rings (SSSR count). The fourth-order valence-corrected chi connectivity index (χ4v) is 2.55. The molecule has 1 heterocycles. The summed E-state index contributed by atoms with van der Waals surface area (Å²) in [6, 6.07) is 2.13. The fraction of sp³-hybridized carbons (Fsp3) is 0.714. The third-order valence-corrected chi connectivity index (χ3v) is 4.20. The minimum Gasteiger partial charge on any atom is -0.396 e. The third-order valence-electron chi connectivity index (χ3n) is 4.20. The second-order valence-electron chi connectivity index (χ2n) is 6.10. The van der Waals surface area contributed by atoms with Crippen molar-refractivity contribution in [2.45, 2.75) is 38.5 Å². The Bertz CT molecular complexity index is 334. The van der Waals surface area contributed by atoms with Gasteiger partial charge in [0.25, 0.3) is 0 Å². The van der Waals surface area contributed by atoms with Gasteiger partial charge in [0.05, 0.1) is 0 Å². The van der Waals surface area contributed by atoms with Crippen molar-refractivity contribution in [2.24, 2.45) is 5.41 Å². The molecule has 1 aliphatic rings. The molecular weight excluding hydrogens is 212 g/mol. The van der Waals surface area contributed by atoms with Crippen LogP contribution in [0.4, 0.5) is 0 Å². The molecule has 3 nitrogen and oxygen atoms in total. The smallest absolute Gasteiger partial charge is 0.0499 e.